The highest BCUT2D eigenvalue weighted by molar-refractivity contribution is 9.10. The van der Waals surface area contributed by atoms with Gasteiger partial charge in [-0.25, -0.2) is 0 Å². The highest BCUT2D eigenvalue weighted by Crippen LogP contribution is 2.25. The summed E-state index contributed by atoms with van der Waals surface area (Å²) < 4.78 is 3.28. The molecule has 0 aliphatic carbocycles. The van der Waals surface area contributed by atoms with Crippen molar-refractivity contribution in [2.75, 3.05) is 0 Å². The first kappa shape index (κ1) is 10.9. The molecule has 2 rings (SSSR count). The van der Waals surface area contributed by atoms with Gasteiger partial charge in [0.15, 0.2) is 4.77 Å². The summed E-state index contributed by atoms with van der Waals surface area (Å²) in [5.74, 6) is 0.778. The molecule has 1 aromatic carbocycles. The molecule has 1 N–H and O–H groups in total. The second kappa shape index (κ2) is 4.08. The lowest BCUT2D eigenvalue weighted by Crippen LogP contribution is -1.98. The number of nitrogens with zero attached hydrogens (tertiary/aromatic N) is 2. The maximum absolute atomic E-state index is 6.10. The number of hydrogen-bond acceptors (Lipinski definition) is 2. The van der Waals surface area contributed by atoms with Crippen LogP contribution in [0.3, 0.4) is 0 Å². The van der Waals surface area contributed by atoms with Crippen LogP contribution in [0.5, 0.6) is 0 Å². The van der Waals surface area contributed by atoms with Gasteiger partial charge in [-0.3, -0.25) is 9.67 Å². The van der Waals surface area contributed by atoms with Crippen molar-refractivity contribution in [2.45, 2.75) is 6.92 Å². The van der Waals surface area contributed by atoms with Crippen molar-refractivity contribution in [1.82, 2.24) is 14.8 Å². The number of hydrogen-bond donors (Lipinski definition) is 1. The van der Waals surface area contributed by atoms with Crippen molar-refractivity contribution >= 4 is 39.7 Å². The van der Waals surface area contributed by atoms with E-state index in [2.05, 4.69) is 26.1 Å². The van der Waals surface area contributed by atoms with Gasteiger partial charge in [0.1, 0.15) is 5.82 Å². The maximum Gasteiger partial charge on any atom is 0.199 e. The molecule has 0 atom stereocenters. The van der Waals surface area contributed by atoms with E-state index in [0.717, 1.165) is 16.0 Å². The van der Waals surface area contributed by atoms with Gasteiger partial charge in [0, 0.05) is 4.47 Å². The average molecular weight is 305 g/mol. The molecule has 0 spiro atoms. The monoisotopic (exact) mass is 303 g/mol. The highest BCUT2D eigenvalue weighted by atomic mass is 79.9. The van der Waals surface area contributed by atoms with E-state index in [4.69, 9.17) is 23.8 Å². The summed E-state index contributed by atoms with van der Waals surface area (Å²) in [6.45, 7) is 1.86. The van der Waals surface area contributed by atoms with Crippen LogP contribution in [0.4, 0.5) is 0 Å². The van der Waals surface area contributed by atoms with E-state index in [9.17, 15) is 0 Å². The second-order valence-corrected chi connectivity index (χ2v) is 4.72. The lowest BCUT2D eigenvalue weighted by molar-refractivity contribution is 0.962. The van der Waals surface area contributed by atoms with E-state index in [1.807, 2.05) is 25.1 Å². The summed E-state index contributed by atoms with van der Waals surface area (Å²) in [4.78, 5) is 0. The Morgan fingerprint density at radius 3 is 2.87 bits per heavy atom. The summed E-state index contributed by atoms with van der Waals surface area (Å²) in [6, 6.07) is 5.60. The fourth-order valence-corrected chi connectivity index (χ4v) is 2.14. The Kier molecular flexibility index (Phi) is 2.95. The molecule has 78 valence electrons. The summed E-state index contributed by atoms with van der Waals surface area (Å²) in [5.41, 5.74) is 0.822. The smallest absolute Gasteiger partial charge is 0.199 e. The molecular weight excluding hydrogens is 298 g/mol. The van der Waals surface area contributed by atoms with E-state index in [1.54, 1.807) is 4.57 Å². The molecule has 0 saturated heterocycles. The molecule has 0 aliphatic heterocycles. The van der Waals surface area contributed by atoms with E-state index in [1.165, 1.54) is 0 Å². The van der Waals surface area contributed by atoms with Crippen LogP contribution in [-0.2, 0) is 0 Å². The predicted molar refractivity (Wildman–Crippen MR) is 66.2 cm³/mol. The SMILES string of the molecule is Cc1n[nH]c(=S)n1-c1cc(Br)ccc1Cl. The van der Waals surface area contributed by atoms with Crippen molar-refractivity contribution in [3.63, 3.8) is 0 Å². The number of H-pyrrole nitrogens is 1. The van der Waals surface area contributed by atoms with E-state index in [0.29, 0.717) is 9.79 Å². The molecule has 0 radical (unpaired) electrons. The zero-order valence-electron chi connectivity index (χ0n) is 7.79. The van der Waals surface area contributed by atoms with Crippen LogP contribution in [0, 0.1) is 11.7 Å². The van der Waals surface area contributed by atoms with Gasteiger partial charge in [-0.2, -0.15) is 5.10 Å². The topological polar surface area (TPSA) is 33.6 Å². The quantitative estimate of drug-likeness (QED) is 0.816. The van der Waals surface area contributed by atoms with Gasteiger partial charge >= 0.3 is 0 Å². The lowest BCUT2D eigenvalue weighted by atomic mass is 10.3. The van der Waals surface area contributed by atoms with E-state index < -0.39 is 0 Å². The van der Waals surface area contributed by atoms with Crippen molar-refractivity contribution in [2.24, 2.45) is 0 Å². The first-order chi connectivity index (χ1) is 7.09. The molecule has 0 amide bonds. The molecule has 6 heteroatoms. The van der Waals surface area contributed by atoms with Crippen LogP contribution in [0.1, 0.15) is 5.82 Å². The Bertz CT molecular complexity index is 561. The molecule has 1 aromatic heterocycles. The van der Waals surface area contributed by atoms with E-state index in [-0.39, 0.29) is 0 Å². The molecule has 0 fully saturated rings. The van der Waals surface area contributed by atoms with Crippen molar-refractivity contribution in [3.8, 4) is 5.69 Å². The number of aromatic amines is 1. The van der Waals surface area contributed by atoms with Crippen LogP contribution in [0.25, 0.3) is 5.69 Å². The van der Waals surface area contributed by atoms with Crippen LogP contribution in [0.15, 0.2) is 22.7 Å². The van der Waals surface area contributed by atoms with Gasteiger partial charge in [0.25, 0.3) is 0 Å². The summed E-state index contributed by atoms with van der Waals surface area (Å²) in [6.07, 6.45) is 0. The summed E-state index contributed by atoms with van der Waals surface area (Å²) in [5, 5.41) is 7.40. The van der Waals surface area contributed by atoms with Crippen LogP contribution in [0.2, 0.25) is 5.02 Å². The first-order valence-electron chi connectivity index (χ1n) is 4.19. The minimum atomic E-state index is 0.535. The molecule has 0 unspecified atom stereocenters. The first-order valence-corrected chi connectivity index (χ1v) is 5.77. The van der Waals surface area contributed by atoms with E-state index >= 15 is 0 Å². The highest BCUT2D eigenvalue weighted by Gasteiger charge is 2.08. The predicted octanol–water partition coefficient (Wildman–Crippen LogP) is 3.65. The minimum absolute atomic E-state index is 0.535. The van der Waals surface area contributed by atoms with Crippen molar-refractivity contribution < 1.29 is 0 Å². The Labute approximate surface area is 105 Å². The van der Waals surface area contributed by atoms with Gasteiger partial charge in [0.2, 0.25) is 0 Å². The van der Waals surface area contributed by atoms with Crippen LogP contribution >= 0.6 is 39.7 Å². The van der Waals surface area contributed by atoms with Gasteiger partial charge in [-0.15, -0.1) is 0 Å². The third-order valence-corrected chi connectivity index (χ3v) is 3.08. The Morgan fingerprint density at radius 1 is 1.53 bits per heavy atom. The average Bonchev–Trinajstić information content (AvgIpc) is 2.51. The van der Waals surface area contributed by atoms with Crippen LogP contribution < -0.4 is 0 Å². The summed E-state index contributed by atoms with van der Waals surface area (Å²) >= 11 is 14.6. The molecule has 2 aromatic rings. The normalized spacial score (nSPS) is 10.6. The van der Waals surface area contributed by atoms with Crippen molar-refractivity contribution in [3.05, 3.63) is 38.3 Å². The zero-order valence-corrected chi connectivity index (χ0v) is 10.9. The van der Waals surface area contributed by atoms with Crippen LogP contribution in [-0.4, -0.2) is 14.8 Å². The number of rotatable bonds is 1. The number of halogens is 2. The Morgan fingerprint density at radius 2 is 2.27 bits per heavy atom. The van der Waals surface area contributed by atoms with Gasteiger partial charge in [-0.1, -0.05) is 27.5 Å². The number of nitrogens with one attached hydrogen (secondary N) is 1. The fraction of sp³-hybridized carbons (Fsp3) is 0.111. The minimum Gasteiger partial charge on any atom is -0.271 e. The lowest BCUT2D eigenvalue weighted by Gasteiger charge is -2.06. The van der Waals surface area contributed by atoms with Crippen molar-refractivity contribution in [1.29, 1.82) is 0 Å². The molecule has 3 nitrogen and oxygen atoms in total. The molecule has 0 bridgehead atoms. The third-order valence-electron chi connectivity index (χ3n) is 1.99. The largest absolute Gasteiger partial charge is 0.271 e. The third kappa shape index (κ3) is 2.00. The Balaban J connectivity index is 2.74. The number of benzene rings is 1. The van der Waals surface area contributed by atoms with Gasteiger partial charge in [0.05, 0.1) is 10.7 Å². The van der Waals surface area contributed by atoms with Gasteiger partial charge < -0.3 is 0 Å². The molecule has 0 saturated carbocycles. The molecule has 1 heterocycles. The standard InChI is InChI=1S/C9H7BrClN3S/c1-5-12-13-9(15)14(5)8-4-6(10)2-3-7(8)11/h2-4H,1H3,(H,13,15). The second-order valence-electron chi connectivity index (χ2n) is 3.01. The summed E-state index contributed by atoms with van der Waals surface area (Å²) in [7, 11) is 0. The van der Waals surface area contributed by atoms with Gasteiger partial charge in [-0.05, 0) is 37.3 Å². The Hall–Kier alpha value is -0.650. The molecular formula is C9H7BrClN3S. The molecule has 15 heavy (non-hydrogen) atoms. The zero-order chi connectivity index (χ0) is 11.0. The number of aromatic nitrogens is 3. The molecule has 0 aliphatic rings. The fourth-order valence-electron chi connectivity index (χ4n) is 1.32. The number of aryl methyl sites for hydroxylation is 1. The maximum atomic E-state index is 6.10.